The molecule has 0 aliphatic carbocycles. The van der Waals surface area contributed by atoms with Gasteiger partial charge in [-0.15, -0.1) is 0 Å². The molecular formula is C12H24N2O4. The molecular weight excluding hydrogens is 236 g/mol. The van der Waals surface area contributed by atoms with Gasteiger partial charge < -0.3 is 19.9 Å². The lowest BCUT2D eigenvalue weighted by molar-refractivity contribution is -0.153. The SMILES string of the molecule is COCCNC(=O)CN1CC(CO)OC(C)(C)C1. The lowest BCUT2D eigenvalue weighted by Gasteiger charge is -2.41. The molecule has 0 bridgehead atoms. The monoisotopic (exact) mass is 260 g/mol. The average Bonchev–Trinajstić information content (AvgIpc) is 2.27. The van der Waals surface area contributed by atoms with Crippen molar-refractivity contribution in [2.75, 3.05) is 46.5 Å². The van der Waals surface area contributed by atoms with Crippen LogP contribution in [0.1, 0.15) is 13.8 Å². The smallest absolute Gasteiger partial charge is 0.234 e. The van der Waals surface area contributed by atoms with Crippen LogP contribution >= 0.6 is 0 Å². The fraction of sp³-hybridized carbons (Fsp3) is 0.917. The number of methoxy groups -OCH3 is 1. The molecule has 2 N–H and O–H groups in total. The van der Waals surface area contributed by atoms with E-state index in [-0.39, 0.29) is 24.2 Å². The molecule has 1 amide bonds. The average molecular weight is 260 g/mol. The first-order valence-electron chi connectivity index (χ1n) is 6.23. The second kappa shape index (κ2) is 7.04. The summed E-state index contributed by atoms with van der Waals surface area (Å²) in [5.41, 5.74) is -0.335. The van der Waals surface area contributed by atoms with Gasteiger partial charge in [0.05, 0.1) is 31.5 Å². The minimum Gasteiger partial charge on any atom is -0.394 e. The van der Waals surface area contributed by atoms with Crippen LogP contribution in [0, 0.1) is 0 Å². The predicted octanol–water partition coefficient (Wildman–Crippen LogP) is -0.779. The molecule has 18 heavy (non-hydrogen) atoms. The fourth-order valence-corrected chi connectivity index (χ4v) is 2.18. The zero-order valence-corrected chi connectivity index (χ0v) is 11.4. The Morgan fingerprint density at radius 3 is 2.94 bits per heavy atom. The normalized spacial score (nSPS) is 23.9. The number of carbonyl (C=O) groups is 1. The number of aliphatic hydroxyl groups is 1. The van der Waals surface area contributed by atoms with E-state index < -0.39 is 0 Å². The maximum absolute atomic E-state index is 11.7. The molecule has 6 heteroatoms. The third-order valence-corrected chi connectivity index (χ3v) is 2.75. The number of ether oxygens (including phenoxy) is 2. The number of amides is 1. The van der Waals surface area contributed by atoms with Gasteiger partial charge in [0.15, 0.2) is 0 Å². The molecule has 1 atom stereocenters. The van der Waals surface area contributed by atoms with Gasteiger partial charge in [0.1, 0.15) is 0 Å². The van der Waals surface area contributed by atoms with Gasteiger partial charge in [0.2, 0.25) is 5.91 Å². The molecule has 0 aromatic rings. The van der Waals surface area contributed by atoms with Gasteiger partial charge in [-0.05, 0) is 13.8 Å². The number of rotatable bonds is 6. The van der Waals surface area contributed by atoms with E-state index in [4.69, 9.17) is 9.47 Å². The number of morpholine rings is 1. The third kappa shape index (κ3) is 5.30. The van der Waals surface area contributed by atoms with Crippen molar-refractivity contribution in [2.45, 2.75) is 25.6 Å². The molecule has 1 aliphatic heterocycles. The Balaban J connectivity index is 2.38. The molecule has 1 fully saturated rings. The van der Waals surface area contributed by atoms with Gasteiger partial charge >= 0.3 is 0 Å². The van der Waals surface area contributed by atoms with E-state index >= 15 is 0 Å². The maximum atomic E-state index is 11.7. The lowest BCUT2D eigenvalue weighted by atomic mass is 10.1. The van der Waals surface area contributed by atoms with Crippen LogP contribution in [0.25, 0.3) is 0 Å². The molecule has 0 saturated carbocycles. The zero-order chi connectivity index (χ0) is 13.6. The number of hydrogen-bond acceptors (Lipinski definition) is 5. The molecule has 0 spiro atoms. The summed E-state index contributed by atoms with van der Waals surface area (Å²) in [6.07, 6.45) is -0.222. The molecule has 0 aromatic carbocycles. The topological polar surface area (TPSA) is 71.0 Å². The number of carbonyl (C=O) groups excluding carboxylic acids is 1. The largest absolute Gasteiger partial charge is 0.394 e. The summed E-state index contributed by atoms with van der Waals surface area (Å²) in [4.78, 5) is 13.7. The number of nitrogens with one attached hydrogen (secondary N) is 1. The molecule has 1 heterocycles. The van der Waals surface area contributed by atoms with E-state index in [1.807, 2.05) is 18.7 Å². The van der Waals surface area contributed by atoms with Crippen molar-refractivity contribution in [1.82, 2.24) is 10.2 Å². The summed E-state index contributed by atoms with van der Waals surface area (Å²) in [7, 11) is 1.60. The van der Waals surface area contributed by atoms with Gasteiger partial charge in [0.25, 0.3) is 0 Å². The number of aliphatic hydroxyl groups excluding tert-OH is 1. The highest BCUT2D eigenvalue weighted by atomic mass is 16.5. The maximum Gasteiger partial charge on any atom is 0.234 e. The molecule has 1 rings (SSSR count). The summed E-state index contributed by atoms with van der Waals surface area (Å²) < 4.78 is 10.6. The first kappa shape index (κ1) is 15.4. The fourth-order valence-electron chi connectivity index (χ4n) is 2.18. The van der Waals surface area contributed by atoms with Crippen LogP contribution < -0.4 is 5.32 Å². The molecule has 1 unspecified atom stereocenters. The molecule has 1 saturated heterocycles. The second-order valence-corrected chi connectivity index (χ2v) is 5.19. The van der Waals surface area contributed by atoms with Crippen molar-refractivity contribution in [3.63, 3.8) is 0 Å². The van der Waals surface area contributed by atoms with Crippen LogP contribution in [0.15, 0.2) is 0 Å². The number of nitrogens with zero attached hydrogens (tertiary/aromatic N) is 1. The Bertz CT molecular complexity index is 271. The molecule has 0 aromatic heterocycles. The first-order valence-corrected chi connectivity index (χ1v) is 6.23. The highest BCUT2D eigenvalue weighted by molar-refractivity contribution is 5.78. The molecule has 106 valence electrons. The van der Waals surface area contributed by atoms with Crippen LogP contribution in [0.5, 0.6) is 0 Å². The first-order chi connectivity index (χ1) is 8.46. The van der Waals surface area contributed by atoms with Crippen molar-refractivity contribution < 1.29 is 19.4 Å². The Labute approximate surface area is 108 Å². The summed E-state index contributed by atoms with van der Waals surface area (Å²) in [5.74, 6) is -0.0264. The number of hydrogen-bond donors (Lipinski definition) is 2. The molecule has 1 aliphatic rings. The van der Waals surface area contributed by atoms with Gasteiger partial charge in [-0.1, -0.05) is 0 Å². The van der Waals surface area contributed by atoms with Crippen molar-refractivity contribution in [3.8, 4) is 0 Å². The van der Waals surface area contributed by atoms with Crippen LogP contribution in [0.4, 0.5) is 0 Å². The standard InChI is InChI=1S/C12H24N2O4/c1-12(2)9-14(6-10(8-15)18-12)7-11(16)13-4-5-17-3/h10,15H,4-9H2,1-3H3,(H,13,16). The highest BCUT2D eigenvalue weighted by Gasteiger charge is 2.33. The van der Waals surface area contributed by atoms with E-state index in [1.54, 1.807) is 7.11 Å². The highest BCUT2D eigenvalue weighted by Crippen LogP contribution is 2.20. The second-order valence-electron chi connectivity index (χ2n) is 5.19. The quantitative estimate of drug-likeness (QED) is 0.613. The van der Waals surface area contributed by atoms with Crippen molar-refractivity contribution in [3.05, 3.63) is 0 Å². The van der Waals surface area contributed by atoms with Crippen LogP contribution in [-0.2, 0) is 14.3 Å². The predicted molar refractivity (Wildman–Crippen MR) is 67.4 cm³/mol. The van der Waals surface area contributed by atoms with Crippen molar-refractivity contribution >= 4 is 5.91 Å². The van der Waals surface area contributed by atoms with Gasteiger partial charge in [-0.3, -0.25) is 9.69 Å². The Kier molecular flexibility index (Phi) is 6.01. The van der Waals surface area contributed by atoms with E-state index in [2.05, 4.69) is 5.32 Å². The Morgan fingerprint density at radius 2 is 2.33 bits per heavy atom. The zero-order valence-electron chi connectivity index (χ0n) is 11.4. The Hall–Kier alpha value is -0.690. The molecule has 6 nitrogen and oxygen atoms in total. The van der Waals surface area contributed by atoms with E-state index in [0.717, 1.165) is 0 Å². The van der Waals surface area contributed by atoms with Crippen molar-refractivity contribution in [2.24, 2.45) is 0 Å². The van der Waals surface area contributed by atoms with E-state index in [9.17, 15) is 9.90 Å². The summed E-state index contributed by atoms with van der Waals surface area (Å²) in [6, 6.07) is 0. The third-order valence-electron chi connectivity index (χ3n) is 2.75. The van der Waals surface area contributed by atoms with E-state index in [0.29, 0.717) is 32.8 Å². The van der Waals surface area contributed by atoms with Gasteiger partial charge in [-0.2, -0.15) is 0 Å². The minimum atomic E-state index is -0.335. The molecule has 0 radical (unpaired) electrons. The van der Waals surface area contributed by atoms with E-state index in [1.165, 1.54) is 0 Å². The Morgan fingerprint density at radius 1 is 1.61 bits per heavy atom. The summed E-state index contributed by atoms with van der Waals surface area (Å²) in [6.45, 7) is 6.53. The van der Waals surface area contributed by atoms with Gasteiger partial charge in [-0.25, -0.2) is 0 Å². The van der Waals surface area contributed by atoms with Crippen LogP contribution in [0.2, 0.25) is 0 Å². The van der Waals surface area contributed by atoms with Crippen LogP contribution in [-0.4, -0.2) is 74.1 Å². The van der Waals surface area contributed by atoms with Crippen molar-refractivity contribution in [1.29, 1.82) is 0 Å². The summed E-state index contributed by atoms with van der Waals surface area (Å²) in [5, 5.41) is 12.0. The lowest BCUT2D eigenvalue weighted by Crippen LogP contribution is -2.55. The minimum absolute atomic E-state index is 0.0226. The van der Waals surface area contributed by atoms with Gasteiger partial charge in [0, 0.05) is 26.7 Å². The van der Waals surface area contributed by atoms with Crippen LogP contribution in [0.3, 0.4) is 0 Å². The summed E-state index contributed by atoms with van der Waals surface area (Å²) >= 11 is 0.